The van der Waals surface area contributed by atoms with Crippen LogP contribution >= 0.6 is 0 Å². The van der Waals surface area contributed by atoms with Crippen LogP contribution in [0, 0.1) is 0 Å². The number of nitrogens with zero attached hydrogens (tertiary/aromatic N) is 3. The molecule has 3 aliphatic heterocycles. The van der Waals surface area contributed by atoms with Crippen LogP contribution in [0.25, 0.3) is 0 Å². The molecule has 2 amide bonds. The molecule has 0 aromatic carbocycles. The minimum Gasteiger partial charge on any atom is -0.444 e. The van der Waals surface area contributed by atoms with Gasteiger partial charge in [-0.2, -0.15) is 0 Å². The van der Waals surface area contributed by atoms with Crippen molar-refractivity contribution in [3.05, 3.63) is 0 Å². The van der Waals surface area contributed by atoms with Gasteiger partial charge < -0.3 is 19.3 Å². The van der Waals surface area contributed by atoms with Crippen molar-refractivity contribution >= 4 is 12.0 Å². The summed E-state index contributed by atoms with van der Waals surface area (Å²) in [5, 5.41) is 0. The lowest BCUT2D eigenvalue weighted by molar-refractivity contribution is -0.145. The van der Waals surface area contributed by atoms with Gasteiger partial charge in [0.2, 0.25) is 5.91 Å². The maximum absolute atomic E-state index is 13.1. The fourth-order valence-corrected chi connectivity index (χ4v) is 4.12. The van der Waals surface area contributed by atoms with Crippen molar-refractivity contribution in [1.29, 1.82) is 0 Å². The topological polar surface area (TPSA) is 62.3 Å². The third kappa shape index (κ3) is 4.68. The van der Waals surface area contributed by atoms with Crippen LogP contribution in [0.5, 0.6) is 0 Å². The van der Waals surface area contributed by atoms with Crippen molar-refractivity contribution < 1.29 is 19.1 Å². The van der Waals surface area contributed by atoms with E-state index in [9.17, 15) is 9.59 Å². The molecule has 1 atom stereocenters. The van der Waals surface area contributed by atoms with Gasteiger partial charge >= 0.3 is 6.09 Å². The first kappa shape index (κ1) is 19.4. The maximum Gasteiger partial charge on any atom is 0.410 e. The summed E-state index contributed by atoms with van der Waals surface area (Å²) in [6, 6.07) is 0.300. The average molecular weight is 367 g/mol. The monoisotopic (exact) mass is 367 g/mol. The van der Waals surface area contributed by atoms with Gasteiger partial charge in [-0.3, -0.25) is 9.69 Å². The van der Waals surface area contributed by atoms with Gasteiger partial charge in [-0.25, -0.2) is 4.79 Å². The van der Waals surface area contributed by atoms with Gasteiger partial charge in [0, 0.05) is 52.0 Å². The smallest absolute Gasteiger partial charge is 0.410 e. The molecule has 0 bridgehead atoms. The average Bonchev–Trinajstić information content (AvgIpc) is 2.61. The summed E-state index contributed by atoms with van der Waals surface area (Å²) < 4.78 is 10.9. The number of piperazine rings is 1. The second-order valence-electron chi connectivity index (χ2n) is 8.54. The largest absolute Gasteiger partial charge is 0.444 e. The highest BCUT2D eigenvalue weighted by atomic mass is 16.6. The Morgan fingerprint density at radius 1 is 1.04 bits per heavy atom. The molecule has 26 heavy (non-hydrogen) atoms. The Hall–Kier alpha value is -1.34. The number of rotatable bonds is 2. The molecular weight excluding hydrogens is 334 g/mol. The summed E-state index contributed by atoms with van der Waals surface area (Å²) in [5.41, 5.74) is -0.474. The molecule has 0 aromatic heterocycles. The van der Waals surface area contributed by atoms with Gasteiger partial charge in [0.05, 0.1) is 6.04 Å². The van der Waals surface area contributed by atoms with E-state index >= 15 is 0 Å². The Labute approximate surface area is 156 Å². The zero-order valence-electron chi connectivity index (χ0n) is 16.4. The molecule has 0 aliphatic carbocycles. The zero-order chi connectivity index (χ0) is 18.7. The first-order valence-corrected chi connectivity index (χ1v) is 9.95. The summed E-state index contributed by atoms with van der Waals surface area (Å²) >= 11 is 0. The zero-order valence-corrected chi connectivity index (χ0v) is 16.4. The molecule has 7 nitrogen and oxygen atoms in total. The number of carbonyl (C=O) groups is 2. The highest BCUT2D eigenvalue weighted by molar-refractivity contribution is 5.83. The second-order valence-corrected chi connectivity index (χ2v) is 8.54. The summed E-state index contributed by atoms with van der Waals surface area (Å²) in [7, 11) is 0. The van der Waals surface area contributed by atoms with Crippen molar-refractivity contribution in [2.24, 2.45) is 0 Å². The molecule has 7 heteroatoms. The number of piperidine rings is 1. The molecule has 3 fully saturated rings. The van der Waals surface area contributed by atoms with Crippen LogP contribution in [0.4, 0.5) is 4.79 Å². The van der Waals surface area contributed by atoms with Gasteiger partial charge in [0.15, 0.2) is 0 Å². The van der Waals surface area contributed by atoms with Crippen molar-refractivity contribution in [2.45, 2.75) is 64.1 Å². The fourth-order valence-electron chi connectivity index (χ4n) is 4.12. The predicted molar refractivity (Wildman–Crippen MR) is 98.0 cm³/mol. The van der Waals surface area contributed by atoms with Crippen LogP contribution in [0.2, 0.25) is 0 Å². The van der Waals surface area contributed by atoms with Crippen molar-refractivity contribution in [3.63, 3.8) is 0 Å². The number of carbonyl (C=O) groups excluding carboxylic acids is 2. The quantitative estimate of drug-likeness (QED) is 0.744. The van der Waals surface area contributed by atoms with E-state index in [4.69, 9.17) is 9.47 Å². The molecule has 0 N–H and O–H groups in total. The number of hydrogen-bond donors (Lipinski definition) is 0. The highest BCUT2D eigenvalue weighted by Crippen LogP contribution is 2.24. The molecule has 3 saturated heterocycles. The molecular formula is C19H33N3O4. The van der Waals surface area contributed by atoms with E-state index < -0.39 is 5.60 Å². The summed E-state index contributed by atoms with van der Waals surface area (Å²) in [6.07, 6.45) is 3.62. The van der Waals surface area contributed by atoms with Crippen molar-refractivity contribution in [1.82, 2.24) is 14.7 Å². The lowest BCUT2D eigenvalue weighted by Crippen LogP contribution is -2.60. The van der Waals surface area contributed by atoms with E-state index in [0.29, 0.717) is 19.1 Å². The summed E-state index contributed by atoms with van der Waals surface area (Å²) in [4.78, 5) is 31.4. The highest BCUT2D eigenvalue weighted by Gasteiger charge is 2.38. The van der Waals surface area contributed by atoms with E-state index in [0.717, 1.165) is 58.5 Å². The minimum absolute atomic E-state index is 0.0348. The van der Waals surface area contributed by atoms with Crippen molar-refractivity contribution in [2.75, 3.05) is 45.9 Å². The van der Waals surface area contributed by atoms with Crippen LogP contribution in [-0.2, 0) is 14.3 Å². The number of ether oxygens (including phenoxy) is 2. The molecule has 3 rings (SSSR count). The van der Waals surface area contributed by atoms with Gasteiger partial charge in [0.25, 0.3) is 0 Å². The standard InChI is InChI=1S/C19H33N3O4/c1-19(2,3)26-18(24)21-11-9-20(10-12-21)16-5-4-8-22(17(16)23)15-6-13-25-14-7-15/h15-16H,4-14H2,1-3H3. The van der Waals surface area contributed by atoms with Gasteiger partial charge in [0.1, 0.15) is 5.60 Å². The maximum atomic E-state index is 13.1. The van der Waals surface area contributed by atoms with Crippen LogP contribution in [0.15, 0.2) is 0 Å². The summed E-state index contributed by atoms with van der Waals surface area (Å²) in [6.45, 7) is 10.7. The molecule has 0 spiro atoms. The second kappa shape index (κ2) is 8.13. The normalized spacial score (nSPS) is 26.9. The molecule has 1 unspecified atom stereocenters. The van der Waals surface area contributed by atoms with Gasteiger partial charge in [-0.1, -0.05) is 0 Å². The third-order valence-corrected chi connectivity index (χ3v) is 5.48. The van der Waals surface area contributed by atoms with E-state index in [-0.39, 0.29) is 18.0 Å². The Bertz CT molecular complexity index is 505. The van der Waals surface area contributed by atoms with Crippen LogP contribution in [0.1, 0.15) is 46.5 Å². The third-order valence-electron chi connectivity index (χ3n) is 5.48. The molecule has 0 radical (unpaired) electrons. The number of hydrogen-bond acceptors (Lipinski definition) is 5. The number of likely N-dealkylation sites (tertiary alicyclic amines) is 1. The lowest BCUT2D eigenvalue weighted by atomic mass is 9.97. The molecule has 3 heterocycles. The van der Waals surface area contributed by atoms with Gasteiger partial charge in [-0.05, 0) is 46.5 Å². The Morgan fingerprint density at radius 3 is 2.31 bits per heavy atom. The first-order chi connectivity index (χ1) is 12.3. The Balaban J connectivity index is 1.53. The van der Waals surface area contributed by atoms with Crippen molar-refractivity contribution in [3.8, 4) is 0 Å². The first-order valence-electron chi connectivity index (χ1n) is 9.95. The predicted octanol–water partition coefficient (Wildman–Crippen LogP) is 1.71. The fraction of sp³-hybridized carbons (Fsp3) is 0.895. The Kier molecular flexibility index (Phi) is 6.07. The molecule has 148 valence electrons. The summed E-state index contributed by atoms with van der Waals surface area (Å²) in [5.74, 6) is 0.272. The number of amides is 2. The van der Waals surface area contributed by atoms with Crippen LogP contribution in [0.3, 0.4) is 0 Å². The minimum atomic E-state index is -0.474. The SMILES string of the molecule is CC(C)(C)OC(=O)N1CCN(C2CCCN(C3CCOCC3)C2=O)CC1. The molecule has 0 saturated carbocycles. The van der Waals surface area contributed by atoms with E-state index in [1.54, 1.807) is 4.90 Å². The molecule has 0 aromatic rings. The van der Waals surface area contributed by atoms with E-state index in [1.165, 1.54) is 0 Å². The van der Waals surface area contributed by atoms with Gasteiger partial charge in [-0.15, -0.1) is 0 Å². The Morgan fingerprint density at radius 2 is 1.69 bits per heavy atom. The van der Waals surface area contributed by atoms with Crippen LogP contribution < -0.4 is 0 Å². The van der Waals surface area contributed by atoms with E-state index in [1.807, 2.05) is 20.8 Å². The van der Waals surface area contributed by atoms with E-state index in [2.05, 4.69) is 9.80 Å². The van der Waals surface area contributed by atoms with Crippen LogP contribution in [-0.4, -0.2) is 90.3 Å². The lowest BCUT2D eigenvalue weighted by Gasteiger charge is -2.45. The molecule has 3 aliphatic rings.